The second kappa shape index (κ2) is 3.44. The molecule has 66 valence electrons. The summed E-state index contributed by atoms with van der Waals surface area (Å²) < 4.78 is 0. The Morgan fingerprint density at radius 2 is 1.73 bits per heavy atom. The fourth-order valence-corrected chi connectivity index (χ4v) is 2.30. The van der Waals surface area contributed by atoms with E-state index in [1.54, 1.807) is 0 Å². The summed E-state index contributed by atoms with van der Waals surface area (Å²) in [5, 5.41) is 0.561. The van der Waals surface area contributed by atoms with Crippen molar-refractivity contribution in [1.82, 2.24) is 0 Å². The third-order valence-corrected chi connectivity index (χ3v) is 3.69. The van der Waals surface area contributed by atoms with Crippen LogP contribution in [-0.4, -0.2) is 5.16 Å². The van der Waals surface area contributed by atoms with Crippen LogP contribution in [0.3, 0.4) is 0 Å². The predicted molar refractivity (Wildman–Crippen MR) is 54.9 cm³/mol. The molecule has 1 unspecified atom stereocenters. The Morgan fingerprint density at radius 1 is 1.27 bits per heavy atom. The van der Waals surface area contributed by atoms with Crippen LogP contribution in [0.5, 0.6) is 0 Å². The van der Waals surface area contributed by atoms with Crippen LogP contribution in [0.4, 0.5) is 0 Å². The molecule has 0 bridgehead atoms. The van der Waals surface area contributed by atoms with Crippen molar-refractivity contribution in [2.24, 2.45) is 11.8 Å². The summed E-state index contributed by atoms with van der Waals surface area (Å²) in [6.07, 6.45) is 5.69. The highest BCUT2D eigenvalue weighted by atomic mass is 31.0. The van der Waals surface area contributed by atoms with Gasteiger partial charge in [0.1, 0.15) is 0 Å². The Morgan fingerprint density at radius 3 is 2.09 bits per heavy atom. The molecule has 0 heterocycles. The first-order valence-corrected chi connectivity index (χ1v) is 5.38. The fourth-order valence-electron chi connectivity index (χ4n) is 1.97. The van der Waals surface area contributed by atoms with Gasteiger partial charge < -0.3 is 0 Å². The predicted octanol–water partition coefficient (Wildman–Crippen LogP) is 3.47. The summed E-state index contributed by atoms with van der Waals surface area (Å²) in [5.41, 5.74) is 0. The minimum absolute atomic E-state index is 0.561. The highest BCUT2D eigenvalue weighted by molar-refractivity contribution is 7.18. The maximum atomic E-state index is 3.01. The van der Waals surface area contributed by atoms with Crippen LogP contribution in [0.15, 0.2) is 0 Å². The summed E-state index contributed by atoms with van der Waals surface area (Å²) in [5.74, 6) is 1.90. The first-order chi connectivity index (χ1) is 5.01. The third kappa shape index (κ3) is 2.75. The van der Waals surface area contributed by atoms with Crippen molar-refractivity contribution in [1.29, 1.82) is 0 Å². The van der Waals surface area contributed by atoms with Gasteiger partial charge in [-0.15, -0.1) is 9.24 Å². The van der Waals surface area contributed by atoms with Crippen molar-refractivity contribution in [3.8, 4) is 0 Å². The van der Waals surface area contributed by atoms with Crippen LogP contribution >= 0.6 is 9.24 Å². The topological polar surface area (TPSA) is 0 Å². The van der Waals surface area contributed by atoms with E-state index in [1.807, 2.05) is 0 Å². The molecular formula is C10H21P. The highest BCUT2D eigenvalue weighted by Crippen LogP contribution is 2.40. The maximum absolute atomic E-state index is 3.01. The normalized spacial score (nSPS) is 39.5. The minimum atomic E-state index is 0.561. The Bertz CT molecular complexity index is 117. The molecule has 0 aromatic carbocycles. The van der Waals surface area contributed by atoms with Gasteiger partial charge in [-0.2, -0.15) is 0 Å². The van der Waals surface area contributed by atoms with E-state index in [-0.39, 0.29) is 0 Å². The molecule has 0 radical (unpaired) electrons. The molecule has 1 aliphatic rings. The number of hydrogen-bond donors (Lipinski definition) is 0. The lowest BCUT2D eigenvalue weighted by molar-refractivity contribution is 0.251. The zero-order valence-electron chi connectivity index (χ0n) is 8.06. The van der Waals surface area contributed by atoms with E-state index in [2.05, 4.69) is 30.0 Å². The molecule has 0 N–H and O–H groups in total. The SMILES string of the molecule is CC(C)C1CCC(C)(P)CC1. The fraction of sp³-hybridized carbons (Fsp3) is 1.00. The highest BCUT2D eigenvalue weighted by Gasteiger charge is 2.27. The first kappa shape index (κ1) is 9.52. The lowest BCUT2D eigenvalue weighted by atomic mass is 9.77. The first-order valence-electron chi connectivity index (χ1n) is 4.80. The standard InChI is InChI=1S/C10H21P/c1-8(2)9-4-6-10(3,11)7-5-9/h8-9H,4-7,11H2,1-3H3. The zero-order chi connectivity index (χ0) is 8.48. The minimum Gasteiger partial charge on any atom is -0.131 e. The summed E-state index contributed by atoms with van der Waals surface area (Å²) in [6.45, 7) is 7.08. The van der Waals surface area contributed by atoms with Crippen LogP contribution in [0.1, 0.15) is 46.5 Å². The van der Waals surface area contributed by atoms with E-state index >= 15 is 0 Å². The zero-order valence-corrected chi connectivity index (χ0v) is 9.22. The summed E-state index contributed by atoms with van der Waals surface area (Å²) in [4.78, 5) is 0. The molecule has 1 rings (SSSR count). The van der Waals surface area contributed by atoms with Gasteiger partial charge in [-0.25, -0.2) is 0 Å². The molecule has 0 aromatic heterocycles. The van der Waals surface area contributed by atoms with Crippen molar-refractivity contribution < 1.29 is 0 Å². The number of hydrogen-bond acceptors (Lipinski definition) is 0. The average Bonchev–Trinajstić information content (AvgIpc) is 1.86. The van der Waals surface area contributed by atoms with Crippen LogP contribution in [0.25, 0.3) is 0 Å². The molecule has 1 atom stereocenters. The van der Waals surface area contributed by atoms with Crippen LogP contribution in [-0.2, 0) is 0 Å². The van der Waals surface area contributed by atoms with Gasteiger partial charge in [0.15, 0.2) is 0 Å². The molecule has 0 amide bonds. The van der Waals surface area contributed by atoms with Crippen molar-refractivity contribution in [2.45, 2.75) is 51.6 Å². The van der Waals surface area contributed by atoms with E-state index in [1.165, 1.54) is 25.7 Å². The quantitative estimate of drug-likeness (QED) is 0.531. The average molecular weight is 172 g/mol. The Balaban J connectivity index is 2.36. The molecule has 11 heavy (non-hydrogen) atoms. The molecule has 0 saturated heterocycles. The largest absolute Gasteiger partial charge is 0.131 e. The Hall–Kier alpha value is 0.430. The van der Waals surface area contributed by atoms with Gasteiger partial charge in [-0.05, 0) is 42.7 Å². The van der Waals surface area contributed by atoms with Gasteiger partial charge in [0.2, 0.25) is 0 Å². The van der Waals surface area contributed by atoms with Crippen LogP contribution < -0.4 is 0 Å². The molecule has 0 aliphatic heterocycles. The summed E-state index contributed by atoms with van der Waals surface area (Å²) in [6, 6.07) is 0. The van der Waals surface area contributed by atoms with Gasteiger partial charge in [-0.3, -0.25) is 0 Å². The smallest absolute Gasteiger partial charge is 0.0178 e. The third-order valence-electron chi connectivity index (χ3n) is 3.12. The molecule has 0 spiro atoms. The Labute approximate surface area is 73.3 Å². The van der Waals surface area contributed by atoms with E-state index in [0.29, 0.717) is 5.16 Å². The maximum Gasteiger partial charge on any atom is -0.0178 e. The van der Waals surface area contributed by atoms with Crippen molar-refractivity contribution in [3.05, 3.63) is 0 Å². The van der Waals surface area contributed by atoms with Gasteiger partial charge in [0.05, 0.1) is 0 Å². The second-order valence-electron chi connectivity index (χ2n) is 4.74. The van der Waals surface area contributed by atoms with E-state index < -0.39 is 0 Å². The van der Waals surface area contributed by atoms with E-state index in [9.17, 15) is 0 Å². The van der Waals surface area contributed by atoms with Gasteiger partial charge >= 0.3 is 0 Å². The van der Waals surface area contributed by atoms with Crippen molar-refractivity contribution in [2.75, 3.05) is 0 Å². The lowest BCUT2D eigenvalue weighted by Crippen LogP contribution is -2.26. The summed E-state index contributed by atoms with van der Waals surface area (Å²) in [7, 11) is 3.01. The van der Waals surface area contributed by atoms with E-state index in [4.69, 9.17) is 0 Å². The molecule has 1 saturated carbocycles. The van der Waals surface area contributed by atoms with Gasteiger partial charge in [0, 0.05) is 0 Å². The number of rotatable bonds is 1. The lowest BCUT2D eigenvalue weighted by Gasteiger charge is -2.35. The van der Waals surface area contributed by atoms with Crippen LogP contribution in [0.2, 0.25) is 0 Å². The second-order valence-corrected chi connectivity index (χ2v) is 6.13. The molecule has 1 aliphatic carbocycles. The molecule has 1 fully saturated rings. The van der Waals surface area contributed by atoms with Gasteiger partial charge in [-0.1, -0.05) is 20.8 Å². The van der Waals surface area contributed by atoms with Gasteiger partial charge in [0.25, 0.3) is 0 Å². The molecule has 0 aromatic rings. The van der Waals surface area contributed by atoms with E-state index in [0.717, 1.165) is 11.8 Å². The van der Waals surface area contributed by atoms with Crippen molar-refractivity contribution >= 4 is 9.24 Å². The van der Waals surface area contributed by atoms with Crippen LogP contribution in [0, 0.1) is 11.8 Å². The summed E-state index contributed by atoms with van der Waals surface area (Å²) >= 11 is 0. The Kier molecular flexibility index (Phi) is 2.97. The van der Waals surface area contributed by atoms with Crippen molar-refractivity contribution in [3.63, 3.8) is 0 Å². The molecule has 1 heteroatoms. The molecular weight excluding hydrogens is 151 g/mol. The molecule has 0 nitrogen and oxygen atoms in total. The monoisotopic (exact) mass is 172 g/mol.